The maximum absolute atomic E-state index is 13.5. The average Bonchev–Trinajstić information content (AvgIpc) is 3.42. The summed E-state index contributed by atoms with van der Waals surface area (Å²) in [5.41, 5.74) is -0.0514. The van der Waals surface area contributed by atoms with Crippen LogP contribution in [0.5, 0.6) is 5.88 Å². The van der Waals surface area contributed by atoms with Gasteiger partial charge in [-0.25, -0.2) is 13.4 Å². The van der Waals surface area contributed by atoms with Crippen molar-refractivity contribution < 1.29 is 31.1 Å². The molecule has 3 fully saturated rings. The molecular weight excluding hydrogens is 537 g/mol. The number of halogens is 3. The Balaban J connectivity index is 1.21. The molecule has 0 aliphatic carbocycles. The summed E-state index contributed by atoms with van der Waals surface area (Å²) >= 11 is 0. The van der Waals surface area contributed by atoms with Gasteiger partial charge in [-0.15, -0.1) is 0 Å². The molecular formula is C25H33F3N6O4S. The van der Waals surface area contributed by atoms with Gasteiger partial charge < -0.3 is 25.0 Å². The van der Waals surface area contributed by atoms with E-state index < -0.39 is 33.7 Å². The number of nitrogens with zero attached hydrogens (tertiary/aromatic N) is 4. The molecule has 3 aliphatic heterocycles. The minimum absolute atomic E-state index is 0.0101. The number of sulfonamides is 1. The van der Waals surface area contributed by atoms with Crippen LogP contribution in [0.2, 0.25) is 0 Å². The number of piperazine rings is 1. The second kappa shape index (κ2) is 11.4. The molecule has 1 aromatic carbocycles. The average molecular weight is 571 g/mol. The van der Waals surface area contributed by atoms with Crippen molar-refractivity contribution in [1.29, 1.82) is 0 Å². The van der Waals surface area contributed by atoms with Gasteiger partial charge in [0.05, 0.1) is 18.1 Å². The fourth-order valence-corrected chi connectivity index (χ4v) is 6.56. The zero-order chi connectivity index (χ0) is 27.6. The molecule has 3 saturated heterocycles. The summed E-state index contributed by atoms with van der Waals surface area (Å²) in [6.07, 6.45) is -3.07. The molecule has 5 rings (SSSR count). The fourth-order valence-electron chi connectivity index (χ4n) is 5.09. The predicted molar refractivity (Wildman–Crippen MR) is 138 cm³/mol. The van der Waals surface area contributed by atoms with E-state index in [1.165, 1.54) is 4.31 Å². The van der Waals surface area contributed by atoms with Gasteiger partial charge in [-0.05, 0) is 44.0 Å². The maximum Gasteiger partial charge on any atom is 0.423 e. The van der Waals surface area contributed by atoms with Crippen LogP contribution in [0.1, 0.15) is 31.7 Å². The van der Waals surface area contributed by atoms with Crippen molar-refractivity contribution in [3.63, 3.8) is 0 Å². The molecule has 0 radical (unpaired) electrons. The number of nitrogens with one attached hydrogen (secondary N) is 2. The number of aromatic nitrogens is 2. The van der Waals surface area contributed by atoms with Gasteiger partial charge >= 0.3 is 6.18 Å². The molecule has 3 aliphatic rings. The zero-order valence-corrected chi connectivity index (χ0v) is 22.5. The Hall–Kier alpha value is -2.68. The Morgan fingerprint density at radius 2 is 1.87 bits per heavy atom. The molecule has 0 amide bonds. The van der Waals surface area contributed by atoms with Crippen LogP contribution in [-0.2, 0) is 20.9 Å². The van der Waals surface area contributed by atoms with E-state index in [9.17, 15) is 21.6 Å². The molecule has 10 nitrogen and oxygen atoms in total. The Kier molecular flexibility index (Phi) is 8.17. The Bertz CT molecular complexity index is 1230. The van der Waals surface area contributed by atoms with Crippen LogP contribution < -0.4 is 20.3 Å². The second-order valence-electron chi connectivity index (χ2n) is 10.1. The highest BCUT2D eigenvalue weighted by Gasteiger charge is 2.38. The van der Waals surface area contributed by atoms with Crippen molar-refractivity contribution in [2.75, 3.05) is 56.2 Å². The number of rotatable bonds is 7. The second-order valence-corrected chi connectivity index (χ2v) is 12.0. The summed E-state index contributed by atoms with van der Waals surface area (Å²) in [5, 5.41) is 6.40. The largest absolute Gasteiger partial charge is 0.471 e. The summed E-state index contributed by atoms with van der Waals surface area (Å²) in [5.74, 6) is -0.523. The van der Waals surface area contributed by atoms with E-state index in [1.54, 1.807) is 12.1 Å². The van der Waals surface area contributed by atoms with Gasteiger partial charge in [-0.1, -0.05) is 0 Å². The van der Waals surface area contributed by atoms with Crippen LogP contribution in [0, 0.1) is 0 Å². The first kappa shape index (κ1) is 27.9. The van der Waals surface area contributed by atoms with Crippen LogP contribution >= 0.6 is 0 Å². The number of anilines is 2. The van der Waals surface area contributed by atoms with E-state index >= 15 is 0 Å². The van der Waals surface area contributed by atoms with Crippen molar-refractivity contribution in [2.24, 2.45) is 0 Å². The van der Waals surface area contributed by atoms with Gasteiger partial charge in [0.25, 0.3) is 0 Å². The first-order chi connectivity index (χ1) is 18.6. The van der Waals surface area contributed by atoms with Gasteiger partial charge in [-0.3, -0.25) is 0 Å². The lowest BCUT2D eigenvalue weighted by Gasteiger charge is -2.36. The molecule has 2 N–H and O–H groups in total. The van der Waals surface area contributed by atoms with Crippen molar-refractivity contribution in [1.82, 2.24) is 19.6 Å². The van der Waals surface area contributed by atoms with Gasteiger partial charge in [0.1, 0.15) is 11.7 Å². The molecule has 2 atom stereocenters. The van der Waals surface area contributed by atoms with Gasteiger partial charge in [0, 0.05) is 63.1 Å². The third kappa shape index (κ3) is 6.39. The van der Waals surface area contributed by atoms with Crippen LogP contribution in [0.15, 0.2) is 35.4 Å². The van der Waals surface area contributed by atoms with E-state index in [0.717, 1.165) is 25.3 Å². The summed E-state index contributed by atoms with van der Waals surface area (Å²) < 4.78 is 79.1. The van der Waals surface area contributed by atoms with Crippen LogP contribution in [0.3, 0.4) is 0 Å². The van der Waals surface area contributed by atoms with Crippen molar-refractivity contribution in [3.8, 4) is 5.88 Å². The summed E-state index contributed by atoms with van der Waals surface area (Å²) in [6.45, 7) is 5.90. The number of ether oxygens (including phenoxy) is 2. The number of piperidine rings is 1. The molecule has 0 unspecified atom stereocenters. The normalized spacial score (nSPS) is 23.6. The summed E-state index contributed by atoms with van der Waals surface area (Å²) in [4.78, 5) is 10.3. The summed E-state index contributed by atoms with van der Waals surface area (Å²) in [7, 11) is -3.67. The molecule has 14 heteroatoms. The minimum atomic E-state index is -4.66. The van der Waals surface area contributed by atoms with Gasteiger partial charge in [-0.2, -0.15) is 22.5 Å². The highest BCUT2D eigenvalue weighted by Crippen LogP contribution is 2.36. The lowest BCUT2D eigenvalue weighted by molar-refractivity contribution is -0.139. The fraction of sp³-hybridized carbons (Fsp3) is 0.600. The van der Waals surface area contributed by atoms with Crippen LogP contribution in [0.4, 0.5) is 24.8 Å². The standard InChI is InChI=1S/C25H33F3N6O4S/c1-17-14-29-9-12-34(17)19-2-4-21(5-3-19)39(35,36)33-10-6-18(7-11-33)31-24-30-15-22(25(26,27)28)23(32-24)38-20-8-13-37-16-20/h2-5,15,17-18,20,29H,6-14,16H2,1H3,(H,30,31,32)/t17-,20+/m1/s1. The smallest absolute Gasteiger partial charge is 0.423 e. The third-order valence-corrected chi connectivity index (χ3v) is 9.23. The first-order valence-corrected chi connectivity index (χ1v) is 14.6. The SMILES string of the molecule is C[C@@H]1CNCCN1c1ccc(S(=O)(=O)N2CCC(Nc3ncc(C(F)(F)F)c(O[C@H]4CCOC4)n3)CC2)cc1. The Morgan fingerprint density at radius 1 is 1.13 bits per heavy atom. The number of hydrogen-bond donors (Lipinski definition) is 2. The molecule has 1 aromatic heterocycles. The highest BCUT2D eigenvalue weighted by molar-refractivity contribution is 7.89. The lowest BCUT2D eigenvalue weighted by Crippen LogP contribution is -2.49. The number of alkyl halides is 3. The summed E-state index contributed by atoms with van der Waals surface area (Å²) in [6, 6.07) is 7.12. The highest BCUT2D eigenvalue weighted by atomic mass is 32.2. The maximum atomic E-state index is 13.5. The third-order valence-electron chi connectivity index (χ3n) is 7.32. The van der Waals surface area contributed by atoms with E-state index in [-0.39, 0.29) is 36.6 Å². The number of hydrogen-bond acceptors (Lipinski definition) is 9. The van der Waals surface area contributed by atoms with Crippen molar-refractivity contribution >= 4 is 21.7 Å². The van der Waals surface area contributed by atoms with E-state index in [2.05, 4.69) is 32.4 Å². The molecule has 0 bridgehead atoms. The molecule has 39 heavy (non-hydrogen) atoms. The van der Waals surface area contributed by atoms with Crippen LogP contribution in [-0.4, -0.2) is 86.8 Å². The minimum Gasteiger partial charge on any atom is -0.471 e. The first-order valence-electron chi connectivity index (χ1n) is 13.1. The molecule has 4 heterocycles. The monoisotopic (exact) mass is 570 g/mol. The predicted octanol–water partition coefficient (Wildman–Crippen LogP) is 2.73. The van der Waals surface area contributed by atoms with E-state index in [0.29, 0.717) is 38.1 Å². The molecule has 0 saturated carbocycles. The van der Waals surface area contributed by atoms with Gasteiger partial charge in [0.2, 0.25) is 21.9 Å². The topological polar surface area (TPSA) is 109 Å². The van der Waals surface area contributed by atoms with Gasteiger partial charge in [0.15, 0.2) is 0 Å². The molecule has 0 spiro atoms. The van der Waals surface area contributed by atoms with Crippen molar-refractivity contribution in [3.05, 3.63) is 36.0 Å². The number of benzene rings is 1. The van der Waals surface area contributed by atoms with E-state index in [1.807, 2.05) is 12.1 Å². The molecule has 214 valence electrons. The molecule has 2 aromatic rings. The van der Waals surface area contributed by atoms with Crippen molar-refractivity contribution in [2.45, 2.75) is 55.4 Å². The van der Waals surface area contributed by atoms with Crippen LogP contribution in [0.25, 0.3) is 0 Å². The Morgan fingerprint density at radius 3 is 2.51 bits per heavy atom. The van der Waals surface area contributed by atoms with E-state index in [4.69, 9.17) is 9.47 Å². The lowest BCUT2D eigenvalue weighted by atomic mass is 10.1. The quantitative estimate of drug-likeness (QED) is 0.520. The zero-order valence-electron chi connectivity index (χ0n) is 21.7. The Labute approximate surface area is 225 Å².